The van der Waals surface area contributed by atoms with Gasteiger partial charge in [0, 0.05) is 11.6 Å². The van der Waals surface area contributed by atoms with Crippen LogP contribution in [-0.4, -0.2) is 43.3 Å². The Labute approximate surface area is 159 Å². The molecule has 28 heavy (non-hydrogen) atoms. The number of amides is 1. The van der Waals surface area contributed by atoms with Crippen molar-refractivity contribution in [2.24, 2.45) is 0 Å². The number of sulfonamides is 1. The molecule has 0 aliphatic rings. The number of phenols is 1. The maximum absolute atomic E-state index is 12.3. The van der Waals surface area contributed by atoms with Crippen molar-refractivity contribution in [1.29, 1.82) is 10.7 Å². The highest BCUT2D eigenvalue weighted by molar-refractivity contribution is 7.89. The fourth-order valence-corrected chi connectivity index (χ4v) is 2.96. The maximum atomic E-state index is 12.3. The van der Waals surface area contributed by atoms with Crippen LogP contribution in [0.15, 0.2) is 41.3 Å². The monoisotopic (exact) mass is 402 g/mol. The minimum absolute atomic E-state index is 0.0736. The van der Waals surface area contributed by atoms with Gasteiger partial charge in [-0.1, -0.05) is 0 Å². The van der Waals surface area contributed by atoms with E-state index in [1.807, 2.05) is 0 Å². The van der Waals surface area contributed by atoms with Crippen LogP contribution in [0, 0.1) is 16.7 Å². The minimum atomic E-state index is -3.83. The number of nitrogens with zero attached hydrogens (tertiary/aromatic N) is 1. The summed E-state index contributed by atoms with van der Waals surface area (Å²) in [5, 5.41) is 38.2. The first-order valence-corrected chi connectivity index (χ1v) is 9.03. The highest BCUT2D eigenvalue weighted by atomic mass is 32.2. The number of hydrogen-bond donors (Lipinski definition) is 5. The van der Waals surface area contributed by atoms with Crippen LogP contribution in [0.25, 0.3) is 0 Å². The van der Waals surface area contributed by atoms with E-state index in [1.54, 1.807) is 6.07 Å². The van der Waals surface area contributed by atoms with Crippen molar-refractivity contribution in [3.05, 3.63) is 53.1 Å². The lowest BCUT2D eigenvalue weighted by Crippen LogP contribution is -2.24. The summed E-state index contributed by atoms with van der Waals surface area (Å²) in [6.45, 7) is 0. The topological polar surface area (TPSA) is 180 Å². The molecule has 0 saturated heterocycles. The molecule has 2 aromatic carbocycles. The van der Waals surface area contributed by atoms with Crippen molar-refractivity contribution in [3.63, 3.8) is 0 Å². The molecule has 2 aromatic rings. The van der Waals surface area contributed by atoms with E-state index in [1.165, 1.54) is 19.2 Å². The molecular weight excluding hydrogens is 388 g/mol. The molecule has 0 aromatic heterocycles. The van der Waals surface area contributed by atoms with Gasteiger partial charge < -0.3 is 15.5 Å². The molecule has 11 heteroatoms. The molecule has 0 atom stereocenters. The molecule has 0 unspecified atom stereocenters. The zero-order valence-corrected chi connectivity index (χ0v) is 15.2. The smallest absolute Gasteiger partial charge is 0.337 e. The van der Waals surface area contributed by atoms with Crippen molar-refractivity contribution in [2.45, 2.75) is 4.90 Å². The molecule has 5 N–H and O–H groups in total. The number of nitriles is 1. The Hall–Kier alpha value is -3.75. The molecule has 10 nitrogen and oxygen atoms in total. The average molecular weight is 402 g/mol. The lowest BCUT2D eigenvalue weighted by molar-refractivity contribution is -0.110. The number of carbonyl (C=O) groups is 2. The Morgan fingerprint density at radius 3 is 2.36 bits per heavy atom. The fraction of sp³-hybridized carbons (Fsp3) is 0.0588. The Balaban J connectivity index is 2.33. The van der Waals surface area contributed by atoms with Gasteiger partial charge in [0.2, 0.25) is 10.0 Å². The molecule has 0 aliphatic heterocycles. The van der Waals surface area contributed by atoms with Gasteiger partial charge in [-0.05, 0) is 37.4 Å². The number of aromatic carboxylic acids is 1. The van der Waals surface area contributed by atoms with Crippen molar-refractivity contribution >= 4 is 33.3 Å². The summed E-state index contributed by atoms with van der Waals surface area (Å²) in [5.74, 6) is -3.04. The summed E-state index contributed by atoms with van der Waals surface area (Å²) in [6, 6.07) is 8.41. The lowest BCUT2D eigenvalue weighted by Gasteiger charge is -2.11. The zero-order chi connectivity index (χ0) is 21.1. The van der Waals surface area contributed by atoms with Gasteiger partial charge in [0.05, 0.1) is 27.8 Å². The van der Waals surface area contributed by atoms with Crippen LogP contribution in [0.5, 0.6) is 5.75 Å². The number of anilines is 1. The van der Waals surface area contributed by atoms with Crippen molar-refractivity contribution in [1.82, 2.24) is 4.72 Å². The summed E-state index contributed by atoms with van der Waals surface area (Å²) in [5.41, 5.74) is -1.39. The van der Waals surface area contributed by atoms with Crippen LogP contribution in [0.1, 0.15) is 21.5 Å². The fourth-order valence-electron chi connectivity index (χ4n) is 2.21. The first kappa shape index (κ1) is 20.6. The SMILES string of the molecule is CNS(=O)(=O)c1ccc(C(=N)C(=O)Nc2ccc(C#N)cc2C(=O)O)c(O)c1. The number of nitrogens with one attached hydrogen (secondary N) is 3. The molecule has 0 heterocycles. The summed E-state index contributed by atoms with van der Waals surface area (Å²) in [7, 11) is -2.64. The van der Waals surface area contributed by atoms with E-state index in [2.05, 4.69) is 10.0 Å². The predicted molar refractivity (Wildman–Crippen MR) is 97.9 cm³/mol. The molecule has 0 spiro atoms. The van der Waals surface area contributed by atoms with Gasteiger partial charge in [0.1, 0.15) is 11.5 Å². The van der Waals surface area contributed by atoms with Gasteiger partial charge in [0.25, 0.3) is 5.91 Å². The third-order valence-electron chi connectivity index (χ3n) is 3.67. The summed E-state index contributed by atoms with van der Waals surface area (Å²) >= 11 is 0. The number of carboxylic acids is 1. The van der Waals surface area contributed by atoms with Crippen LogP contribution in [0.4, 0.5) is 5.69 Å². The van der Waals surface area contributed by atoms with Crippen LogP contribution >= 0.6 is 0 Å². The van der Waals surface area contributed by atoms with Gasteiger partial charge in [0.15, 0.2) is 0 Å². The van der Waals surface area contributed by atoms with Crippen molar-refractivity contribution < 1.29 is 28.2 Å². The Kier molecular flexibility index (Phi) is 5.78. The highest BCUT2D eigenvalue weighted by Gasteiger charge is 2.21. The third-order valence-corrected chi connectivity index (χ3v) is 5.08. The lowest BCUT2D eigenvalue weighted by atomic mass is 10.1. The molecule has 0 saturated carbocycles. The second kappa shape index (κ2) is 7.87. The number of rotatable bonds is 6. The van der Waals surface area contributed by atoms with E-state index >= 15 is 0 Å². The zero-order valence-electron chi connectivity index (χ0n) is 14.3. The van der Waals surface area contributed by atoms with Gasteiger partial charge in [-0.2, -0.15) is 5.26 Å². The molecule has 2 rings (SSSR count). The van der Waals surface area contributed by atoms with Crippen LogP contribution in [-0.2, 0) is 14.8 Å². The molecule has 1 amide bonds. The van der Waals surface area contributed by atoms with Crippen LogP contribution < -0.4 is 10.0 Å². The molecular formula is C17H14N4O6S. The van der Waals surface area contributed by atoms with E-state index in [4.69, 9.17) is 10.7 Å². The Morgan fingerprint density at radius 1 is 1.14 bits per heavy atom. The molecule has 0 aliphatic carbocycles. The molecule has 144 valence electrons. The van der Waals surface area contributed by atoms with E-state index < -0.39 is 33.4 Å². The van der Waals surface area contributed by atoms with Gasteiger partial charge in [-0.15, -0.1) is 0 Å². The molecule has 0 fully saturated rings. The van der Waals surface area contributed by atoms with E-state index in [0.717, 1.165) is 24.3 Å². The quantitative estimate of drug-likeness (QED) is 0.444. The van der Waals surface area contributed by atoms with E-state index in [9.17, 15) is 28.2 Å². The largest absolute Gasteiger partial charge is 0.507 e. The first-order valence-electron chi connectivity index (χ1n) is 7.55. The van der Waals surface area contributed by atoms with E-state index in [0.29, 0.717) is 0 Å². The Morgan fingerprint density at radius 2 is 1.82 bits per heavy atom. The van der Waals surface area contributed by atoms with Gasteiger partial charge in [-0.25, -0.2) is 17.9 Å². The highest BCUT2D eigenvalue weighted by Crippen LogP contribution is 2.23. The Bertz CT molecular complexity index is 1130. The summed E-state index contributed by atoms with van der Waals surface area (Å²) < 4.78 is 25.5. The number of aromatic hydroxyl groups is 1. The minimum Gasteiger partial charge on any atom is -0.507 e. The predicted octanol–water partition coefficient (Wildman–Crippen LogP) is 0.877. The summed E-state index contributed by atoms with van der Waals surface area (Å²) in [4.78, 5) is 23.3. The maximum Gasteiger partial charge on any atom is 0.337 e. The average Bonchev–Trinajstić information content (AvgIpc) is 2.67. The third kappa shape index (κ3) is 4.14. The number of hydrogen-bond acceptors (Lipinski definition) is 7. The number of carbonyl (C=O) groups excluding carboxylic acids is 1. The number of benzene rings is 2. The molecule has 0 radical (unpaired) electrons. The molecule has 0 bridgehead atoms. The first-order chi connectivity index (χ1) is 13.1. The van der Waals surface area contributed by atoms with Gasteiger partial charge >= 0.3 is 5.97 Å². The van der Waals surface area contributed by atoms with Crippen molar-refractivity contribution in [3.8, 4) is 11.8 Å². The second-order valence-corrected chi connectivity index (χ2v) is 7.28. The van der Waals surface area contributed by atoms with Crippen molar-refractivity contribution in [2.75, 3.05) is 12.4 Å². The number of phenolic OH excluding ortho intramolecular Hbond substituents is 1. The number of carboxylic acid groups (broad SMARTS) is 1. The standard InChI is InChI=1S/C17H14N4O6S/c1-20-28(26,27)10-3-4-11(14(22)7-10)15(19)16(23)21-13-5-2-9(8-18)6-12(13)17(24)25/h2-7,19-20,22H,1H3,(H,21,23)(H,24,25). The van der Waals surface area contributed by atoms with Gasteiger partial charge in [-0.3, -0.25) is 10.2 Å². The normalized spacial score (nSPS) is 10.7. The van der Waals surface area contributed by atoms with E-state index in [-0.39, 0.29) is 27.3 Å². The van der Waals surface area contributed by atoms with Crippen LogP contribution in [0.2, 0.25) is 0 Å². The second-order valence-electron chi connectivity index (χ2n) is 5.39. The summed E-state index contributed by atoms with van der Waals surface area (Å²) in [6.07, 6.45) is 0. The van der Waals surface area contributed by atoms with Crippen LogP contribution in [0.3, 0.4) is 0 Å².